The number of amides is 1. The lowest BCUT2D eigenvalue weighted by atomic mass is 10.2. The Morgan fingerprint density at radius 2 is 2.13 bits per heavy atom. The van der Waals surface area contributed by atoms with Gasteiger partial charge >= 0.3 is 0 Å². The van der Waals surface area contributed by atoms with E-state index in [4.69, 9.17) is 0 Å². The fourth-order valence-corrected chi connectivity index (χ4v) is 1.18. The van der Waals surface area contributed by atoms with E-state index in [9.17, 15) is 4.79 Å². The first kappa shape index (κ1) is 11.6. The molecule has 1 amide bonds. The van der Waals surface area contributed by atoms with E-state index in [-0.39, 0.29) is 5.91 Å². The van der Waals surface area contributed by atoms with Gasteiger partial charge in [0.05, 0.1) is 11.9 Å². The lowest BCUT2D eigenvalue weighted by Crippen LogP contribution is -2.25. The zero-order valence-electron chi connectivity index (χ0n) is 9.29. The molecule has 0 atom stereocenters. The summed E-state index contributed by atoms with van der Waals surface area (Å²) in [6, 6.07) is 0. The summed E-state index contributed by atoms with van der Waals surface area (Å²) in [4.78, 5) is 19.5. The Bertz CT molecular complexity index is 308. The highest BCUT2D eigenvalue weighted by Crippen LogP contribution is 1.95. The predicted octanol–water partition coefficient (Wildman–Crippen LogP) is 1.71. The third-order valence-corrected chi connectivity index (χ3v) is 2.08. The lowest BCUT2D eigenvalue weighted by Gasteiger charge is -2.03. The Labute approximate surface area is 90.1 Å². The van der Waals surface area contributed by atoms with Crippen LogP contribution in [0.15, 0.2) is 12.4 Å². The van der Waals surface area contributed by atoms with Gasteiger partial charge in [-0.25, -0.2) is 4.98 Å². The SMILES string of the molecule is CCCCCNC(=O)c1cnc(C)cn1. The third-order valence-electron chi connectivity index (χ3n) is 2.08. The number of hydrogen-bond acceptors (Lipinski definition) is 3. The number of rotatable bonds is 5. The maximum absolute atomic E-state index is 11.5. The van der Waals surface area contributed by atoms with Crippen molar-refractivity contribution in [1.29, 1.82) is 0 Å². The summed E-state index contributed by atoms with van der Waals surface area (Å²) in [6.45, 7) is 4.69. The van der Waals surface area contributed by atoms with E-state index in [1.165, 1.54) is 6.20 Å². The minimum Gasteiger partial charge on any atom is -0.351 e. The smallest absolute Gasteiger partial charge is 0.271 e. The number of nitrogens with one attached hydrogen (secondary N) is 1. The summed E-state index contributed by atoms with van der Waals surface area (Å²) in [5, 5.41) is 2.81. The molecule has 4 nitrogen and oxygen atoms in total. The van der Waals surface area contributed by atoms with Gasteiger partial charge in [0, 0.05) is 12.7 Å². The lowest BCUT2D eigenvalue weighted by molar-refractivity contribution is 0.0947. The van der Waals surface area contributed by atoms with E-state index in [0.717, 1.165) is 25.0 Å². The average molecular weight is 207 g/mol. The molecule has 1 heterocycles. The summed E-state index contributed by atoms with van der Waals surface area (Å²) >= 11 is 0. The molecule has 0 unspecified atom stereocenters. The van der Waals surface area contributed by atoms with Crippen LogP contribution in [0.25, 0.3) is 0 Å². The molecule has 0 saturated carbocycles. The van der Waals surface area contributed by atoms with Crippen LogP contribution in [0.4, 0.5) is 0 Å². The number of unbranched alkanes of at least 4 members (excludes halogenated alkanes) is 2. The zero-order chi connectivity index (χ0) is 11.1. The van der Waals surface area contributed by atoms with Crippen LogP contribution in [0.1, 0.15) is 42.4 Å². The van der Waals surface area contributed by atoms with Crippen molar-refractivity contribution in [1.82, 2.24) is 15.3 Å². The summed E-state index contributed by atoms with van der Waals surface area (Å²) in [5.41, 5.74) is 1.20. The van der Waals surface area contributed by atoms with Crippen LogP contribution in [-0.4, -0.2) is 22.4 Å². The quantitative estimate of drug-likeness (QED) is 0.748. The molecular formula is C11H17N3O. The van der Waals surface area contributed by atoms with Crippen molar-refractivity contribution < 1.29 is 4.79 Å². The van der Waals surface area contributed by atoms with Crippen LogP contribution >= 0.6 is 0 Å². The number of nitrogens with zero attached hydrogens (tertiary/aromatic N) is 2. The Balaban J connectivity index is 2.37. The van der Waals surface area contributed by atoms with Crippen LogP contribution in [0.3, 0.4) is 0 Å². The molecule has 1 aromatic heterocycles. The molecule has 15 heavy (non-hydrogen) atoms. The first-order chi connectivity index (χ1) is 7.24. The van der Waals surface area contributed by atoms with Crippen molar-refractivity contribution in [2.75, 3.05) is 6.54 Å². The molecule has 0 aliphatic rings. The highest BCUT2D eigenvalue weighted by molar-refractivity contribution is 5.91. The van der Waals surface area contributed by atoms with Gasteiger partial charge in [0.1, 0.15) is 5.69 Å². The summed E-state index contributed by atoms with van der Waals surface area (Å²) < 4.78 is 0. The number of carbonyl (C=O) groups excluding carboxylic acids is 1. The van der Waals surface area contributed by atoms with E-state index >= 15 is 0 Å². The summed E-state index contributed by atoms with van der Waals surface area (Å²) in [5.74, 6) is -0.140. The van der Waals surface area contributed by atoms with Crippen molar-refractivity contribution in [2.45, 2.75) is 33.1 Å². The normalized spacial score (nSPS) is 10.0. The molecule has 4 heteroatoms. The number of aromatic nitrogens is 2. The van der Waals surface area contributed by atoms with Gasteiger partial charge in [0.15, 0.2) is 0 Å². The van der Waals surface area contributed by atoms with E-state index in [1.54, 1.807) is 6.20 Å². The fraction of sp³-hybridized carbons (Fsp3) is 0.545. The van der Waals surface area contributed by atoms with Crippen LogP contribution < -0.4 is 5.32 Å². The van der Waals surface area contributed by atoms with Crippen molar-refractivity contribution in [3.63, 3.8) is 0 Å². The van der Waals surface area contributed by atoms with Gasteiger partial charge in [-0.2, -0.15) is 0 Å². The van der Waals surface area contributed by atoms with Crippen LogP contribution in [0.5, 0.6) is 0 Å². The minimum atomic E-state index is -0.140. The molecule has 1 aromatic rings. The van der Waals surface area contributed by atoms with Crippen molar-refractivity contribution in [3.8, 4) is 0 Å². The highest BCUT2D eigenvalue weighted by Gasteiger charge is 2.05. The molecule has 0 spiro atoms. The van der Waals surface area contributed by atoms with Gasteiger partial charge in [-0.3, -0.25) is 9.78 Å². The van der Waals surface area contributed by atoms with Gasteiger partial charge in [-0.1, -0.05) is 19.8 Å². The van der Waals surface area contributed by atoms with Crippen LogP contribution in [-0.2, 0) is 0 Å². The molecule has 1 rings (SSSR count). The molecular weight excluding hydrogens is 190 g/mol. The van der Waals surface area contributed by atoms with Crippen molar-refractivity contribution >= 4 is 5.91 Å². The van der Waals surface area contributed by atoms with Gasteiger partial charge in [0.25, 0.3) is 5.91 Å². The maximum Gasteiger partial charge on any atom is 0.271 e. The Morgan fingerprint density at radius 1 is 1.33 bits per heavy atom. The topological polar surface area (TPSA) is 54.9 Å². The van der Waals surface area contributed by atoms with E-state index < -0.39 is 0 Å². The number of hydrogen-bond donors (Lipinski definition) is 1. The monoisotopic (exact) mass is 207 g/mol. The largest absolute Gasteiger partial charge is 0.351 e. The molecule has 0 aliphatic heterocycles. The first-order valence-electron chi connectivity index (χ1n) is 5.31. The summed E-state index contributed by atoms with van der Waals surface area (Å²) in [7, 11) is 0. The Kier molecular flexibility index (Phi) is 4.74. The minimum absolute atomic E-state index is 0.140. The number of carbonyl (C=O) groups is 1. The second-order valence-corrected chi connectivity index (χ2v) is 3.51. The highest BCUT2D eigenvalue weighted by atomic mass is 16.1. The zero-order valence-corrected chi connectivity index (χ0v) is 9.29. The molecule has 82 valence electrons. The second kappa shape index (κ2) is 6.11. The van der Waals surface area contributed by atoms with E-state index in [0.29, 0.717) is 12.2 Å². The van der Waals surface area contributed by atoms with Crippen LogP contribution in [0.2, 0.25) is 0 Å². The summed E-state index contributed by atoms with van der Waals surface area (Å²) in [6.07, 6.45) is 6.41. The Hall–Kier alpha value is -1.45. The Morgan fingerprint density at radius 3 is 2.73 bits per heavy atom. The molecule has 0 bridgehead atoms. The average Bonchev–Trinajstić information content (AvgIpc) is 2.25. The third kappa shape index (κ3) is 4.06. The predicted molar refractivity (Wildman–Crippen MR) is 58.6 cm³/mol. The van der Waals surface area contributed by atoms with Crippen molar-refractivity contribution in [3.05, 3.63) is 23.8 Å². The molecule has 0 fully saturated rings. The maximum atomic E-state index is 11.5. The van der Waals surface area contributed by atoms with E-state index in [1.807, 2.05) is 6.92 Å². The fourth-order valence-electron chi connectivity index (χ4n) is 1.18. The van der Waals surface area contributed by atoms with Gasteiger partial charge < -0.3 is 5.32 Å². The standard InChI is InChI=1S/C11H17N3O/c1-3-4-5-6-12-11(15)10-8-13-9(2)7-14-10/h7-8H,3-6H2,1-2H3,(H,12,15). The van der Waals surface area contributed by atoms with E-state index in [2.05, 4.69) is 22.2 Å². The van der Waals surface area contributed by atoms with Crippen LogP contribution in [0, 0.1) is 6.92 Å². The van der Waals surface area contributed by atoms with Gasteiger partial charge in [-0.05, 0) is 13.3 Å². The van der Waals surface area contributed by atoms with Gasteiger partial charge in [0.2, 0.25) is 0 Å². The molecule has 0 aromatic carbocycles. The molecule has 1 N–H and O–H groups in total. The molecule has 0 radical (unpaired) electrons. The number of aryl methyl sites for hydroxylation is 1. The molecule has 0 aliphatic carbocycles. The van der Waals surface area contributed by atoms with Gasteiger partial charge in [-0.15, -0.1) is 0 Å². The second-order valence-electron chi connectivity index (χ2n) is 3.51. The van der Waals surface area contributed by atoms with Crippen molar-refractivity contribution in [2.24, 2.45) is 0 Å². The molecule has 0 saturated heterocycles. The first-order valence-corrected chi connectivity index (χ1v) is 5.31.